The van der Waals surface area contributed by atoms with Crippen molar-refractivity contribution in [1.29, 1.82) is 0 Å². The molecule has 0 bridgehead atoms. The molecular weight excluding hydrogens is 466 g/mol. The summed E-state index contributed by atoms with van der Waals surface area (Å²) in [4.78, 5) is 20.1. The fourth-order valence-corrected chi connectivity index (χ4v) is 4.90. The number of anilines is 1. The third-order valence-electron chi connectivity index (χ3n) is 7.21. The number of aryl methyl sites for hydroxylation is 2. The van der Waals surface area contributed by atoms with E-state index in [9.17, 15) is 4.79 Å². The van der Waals surface area contributed by atoms with Crippen LogP contribution < -0.4 is 19.7 Å². The highest BCUT2D eigenvalue weighted by molar-refractivity contribution is 5.81. The molecule has 1 aliphatic heterocycles. The van der Waals surface area contributed by atoms with Gasteiger partial charge < -0.3 is 19.7 Å². The van der Waals surface area contributed by atoms with Crippen molar-refractivity contribution in [3.05, 3.63) is 71.5 Å². The van der Waals surface area contributed by atoms with E-state index in [1.54, 1.807) is 20.4 Å². The van der Waals surface area contributed by atoms with E-state index in [1.165, 1.54) is 11.1 Å². The lowest BCUT2D eigenvalue weighted by Crippen LogP contribution is -2.43. The fourth-order valence-electron chi connectivity index (χ4n) is 4.90. The topological polar surface area (TPSA) is 81.0 Å². The molecule has 1 saturated heterocycles. The largest absolute Gasteiger partial charge is 0.497 e. The van der Waals surface area contributed by atoms with Gasteiger partial charge in [-0.15, -0.1) is 0 Å². The maximum absolute atomic E-state index is 13.1. The van der Waals surface area contributed by atoms with Crippen molar-refractivity contribution in [2.24, 2.45) is 5.92 Å². The Bertz CT molecular complexity index is 1430. The van der Waals surface area contributed by atoms with Gasteiger partial charge in [-0.3, -0.25) is 4.79 Å². The summed E-state index contributed by atoms with van der Waals surface area (Å²) >= 11 is 0. The van der Waals surface area contributed by atoms with Gasteiger partial charge in [-0.2, -0.15) is 5.10 Å². The average molecular weight is 500 g/mol. The summed E-state index contributed by atoms with van der Waals surface area (Å²) < 4.78 is 12.6. The molecule has 3 heterocycles. The van der Waals surface area contributed by atoms with Gasteiger partial charge in [0.1, 0.15) is 17.0 Å². The van der Waals surface area contributed by atoms with Crippen LogP contribution >= 0.6 is 0 Å². The quantitative estimate of drug-likeness (QED) is 0.401. The van der Waals surface area contributed by atoms with Crippen LogP contribution in [0, 0.1) is 19.8 Å². The number of hydrogen-bond donors (Lipinski definition) is 1. The summed E-state index contributed by atoms with van der Waals surface area (Å²) in [6.07, 6.45) is 5.42. The first-order chi connectivity index (χ1) is 18.0. The molecule has 2 aromatic carbocycles. The lowest BCUT2D eigenvalue weighted by atomic mass is 9.97. The van der Waals surface area contributed by atoms with Crippen molar-refractivity contribution in [3.8, 4) is 22.8 Å². The number of aromatic nitrogens is 3. The van der Waals surface area contributed by atoms with E-state index in [2.05, 4.69) is 48.3 Å². The van der Waals surface area contributed by atoms with Gasteiger partial charge in [-0.25, -0.2) is 9.50 Å². The average Bonchev–Trinajstić information content (AvgIpc) is 3.37. The molecule has 1 aliphatic rings. The minimum atomic E-state index is -0.123. The second kappa shape index (κ2) is 10.5. The molecule has 0 radical (unpaired) electrons. The van der Waals surface area contributed by atoms with Crippen molar-refractivity contribution in [2.45, 2.75) is 33.2 Å². The van der Waals surface area contributed by atoms with Crippen molar-refractivity contribution in [1.82, 2.24) is 19.9 Å². The molecular formula is C29H33N5O3. The SMILES string of the molecule is COc1ccc(CNC(=O)[C@H]2CCCN(c3nccn4nc(-c5ccc(C)c(C)c5)cc34)C2)c(OC)c1. The van der Waals surface area contributed by atoms with Gasteiger partial charge in [-0.05, 0) is 62.1 Å². The summed E-state index contributed by atoms with van der Waals surface area (Å²) in [5, 5.41) is 7.91. The van der Waals surface area contributed by atoms with Gasteiger partial charge in [-0.1, -0.05) is 12.1 Å². The van der Waals surface area contributed by atoms with E-state index in [1.807, 2.05) is 28.9 Å². The summed E-state index contributed by atoms with van der Waals surface area (Å²) in [6, 6.07) is 14.1. The van der Waals surface area contributed by atoms with Gasteiger partial charge in [0.2, 0.25) is 5.91 Å². The van der Waals surface area contributed by atoms with Crippen LogP contribution in [0.15, 0.2) is 54.9 Å². The maximum Gasteiger partial charge on any atom is 0.225 e. The Labute approximate surface area is 217 Å². The first-order valence-corrected chi connectivity index (χ1v) is 12.6. The van der Waals surface area contributed by atoms with Crippen LogP contribution in [-0.2, 0) is 11.3 Å². The van der Waals surface area contributed by atoms with Crippen molar-refractivity contribution in [3.63, 3.8) is 0 Å². The molecule has 0 aliphatic carbocycles. The zero-order valence-electron chi connectivity index (χ0n) is 21.8. The zero-order valence-corrected chi connectivity index (χ0v) is 21.8. The molecule has 1 atom stereocenters. The number of piperidine rings is 1. The molecule has 8 nitrogen and oxygen atoms in total. The number of fused-ring (bicyclic) bond motifs is 1. The van der Waals surface area contributed by atoms with Crippen LogP contribution in [0.25, 0.3) is 16.8 Å². The van der Waals surface area contributed by atoms with Gasteiger partial charge in [0.25, 0.3) is 0 Å². The van der Waals surface area contributed by atoms with Crippen LogP contribution in [0.2, 0.25) is 0 Å². The molecule has 2 aromatic heterocycles. The minimum absolute atomic E-state index is 0.0406. The molecule has 1 N–H and O–H groups in total. The van der Waals surface area contributed by atoms with Crippen LogP contribution in [0.4, 0.5) is 5.82 Å². The normalized spacial score (nSPS) is 15.6. The molecule has 1 amide bonds. The number of nitrogens with one attached hydrogen (secondary N) is 1. The second-order valence-corrected chi connectivity index (χ2v) is 9.59. The highest BCUT2D eigenvalue weighted by Gasteiger charge is 2.28. The highest BCUT2D eigenvalue weighted by Crippen LogP contribution is 2.29. The molecule has 5 rings (SSSR count). The number of carbonyl (C=O) groups excluding carboxylic acids is 1. The Balaban J connectivity index is 1.32. The highest BCUT2D eigenvalue weighted by atomic mass is 16.5. The smallest absolute Gasteiger partial charge is 0.225 e. The predicted molar refractivity (Wildman–Crippen MR) is 144 cm³/mol. The molecule has 8 heteroatoms. The minimum Gasteiger partial charge on any atom is -0.497 e. The Morgan fingerprint density at radius 1 is 1.08 bits per heavy atom. The number of nitrogens with zero attached hydrogens (tertiary/aromatic N) is 4. The third-order valence-corrected chi connectivity index (χ3v) is 7.21. The van der Waals surface area contributed by atoms with E-state index in [-0.39, 0.29) is 11.8 Å². The van der Waals surface area contributed by atoms with Gasteiger partial charge in [0.05, 0.1) is 25.8 Å². The standard InChI is InChI=1S/C29H33N5O3/c1-19-7-8-21(14-20(19)2)25-16-26-28(30-11-13-34(26)32-25)33-12-5-6-23(18-33)29(35)31-17-22-9-10-24(36-3)15-27(22)37-4/h7-11,13-16,23H,5-6,12,17-18H2,1-4H3,(H,31,35)/t23-/m0/s1. The summed E-state index contributed by atoms with van der Waals surface area (Å²) in [7, 11) is 3.24. The first kappa shape index (κ1) is 24.6. The zero-order chi connectivity index (χ0) is 25.9. The van der Waals surface area contributed by atoms with Crippen LogP contribution in [0.1, 0.15) is 29.5 Å². The summed E-state index contributed by atoms with van der Waals surface area (Å²) in [5.41, 5.74) is 6.36. The van der Waals surface area contributed by atoms with Crippen molar-refractivity contribution >= 4 is 17.2 Å². The fraction of sp³-hybridized carbons (Fsp3) is 0.345. The number of methoxy groups -OCH3 is 2. The lowest BCUT2D eigenvalue weighted by Gasteiger charge is -2.33. The Kier molecular flexibility index (Phi) is 6.99. The molecule has 0 spiro atoms. The molecule has 0 saturated carbocycles. The van der Waals surface area contributed by atoms with Crippen LogP contribution in [0.3, 0.4) is 0 Å². The van der Waals surface area contributed by atoms with Crippen molar-refractivity contribution in [2.75, 3.05) is 32.2 Å². The Hall–Kier alpha value is -4.07. The van der Waals surface area contributed by atoms with E-state index in [0.717, 1.165) is 53.3 Å². The van der Waals surface area contributed by atoms with Crippen molar-refractivity contribution < 1.29 is 14.3 Å². The molecule has 37 heavy (non-hydrogen) atoms. The Morgan fingerprint density at radius 3 is 2.73 bits per heavy atom. The van der Waals surface area contributed by atoms with E-state index in [4.69, 9.17) is 19.6 Å². The van der Waals surface area contributed by atoms with Gasteiger partial charge in [0.15, 0.2) is 5.82 Å². The number of rotatable bonds is 7. The maximum atomic E-state index is 13.1. The number of ether oxygens (including phenoxy) is 2. The van der Waals surface area contributed by atoms with E-state index < -0.39 is 0 Å². The second-order valence-electron chi connectivity index (χ2n) is 9.59. The van der Waals surface area contributed by atoms with Crippen LogP contribution in [-0.4, -0.2) is 47.8 Å². The Morgan fingerprint density at radius 2 is 1.95 bits per heavy atom. The molecule has 0 unspecified atom stereocenters. The number of amides is 1. The molecule has 4 aromatic rings. The monoisotopic (exact) mass is 499 g/mol. The number of hydrogen-bond acceptors (Lipinski definition) is 6. The first-order valence-electron chi connectivity index (χ1n) is 12.6. The van der Waals surface area contributed by atoms with Crippen LogP contribution in [0.5, 0.6) is 11.5 Å². The van der Waals surface area contributed by atoms with Gasteiger partial charge in [0, 0.05) is 49.2 Å². The van der Waals surface area contributed by atoms with E-state index >= 15 is 0 Å². The number of benzene rings is 2. The lowest BCUT2D eigenvalue weighted by molar-refractivity contribution is -0.125. The van der Waals surface area contributed by atoms with E-state index in [0.29, 0.717) is 18.8 Å². The third kappa shape index (κ3) is 5.09. The molecule has 1 fully saturated rings. The predicted octanol–water partition coefficient (Wildman–Crippen LogP) is 4.56. The summed E-state index contributed by atoms with van der Waals surface area (Å²) in [6.45, 7) is 6.10. The number of carbonyl (C=O) groups is 1. The van der Waals surface area contributed by atoms with Gasteiger partial charge >= 0.3 is 0 Å². The summed E-state index contributed by atoms with van der Waals surface area (Å²) in [5.74, 6) is 2.19. The molecule has 192 valence electrons.